The van der Waals surface area contributed by atoms with Crippen LogP contribution in [0.3, 0.4) is 0 Å². The van der Waals surface area contributed by atoms with Crippen LogP contribution in [0.25, 0.3) is 0 Å². The average molecular weight is 264 g/mol. The Labute approximate surface area is 113 Å². The number of benzene rings is 1. The lowest BCUT2D eigenvalue weighted by molar-refractivity contribution is -0.119. The van der Waals surface area contributed by atoms with Crippen LogP contribution in [0.15, 0.2) is 12.1 Å². The van der Waals surface area contributed by atoms with Gasteiger partial charge in [-0.2, -0.15) is 0 Å². The lowest BCUT2D eigenvalue weighted by atomic mass is 10.1. The molecule has 0 radical (unpaired) electrons. The second-order valence-corrected chi connectivity index (χ2v) is 4.67. The second kappa shape index (κ2) is 5.93. The minimum Gasteiger partial charge on any atom is -0.454 e. The number of carbonyl (C=O) groups is 1. The molecule has 1 aliphatic heterocycles. The third-order valence-electron chi connectivity index (χ3n) is 3.29. The molecular formula is C14H20N2O3. The number of amides is 1. The Morgan fingerprint density at radius 2 is 2.05 bits per heavy atom. The molecule has 0 saturated heterocycles. The average Bonchev–Trinajstić information content (AvgIpc) is 2.83. The Kier molecular flexibility index (Phi) is 4.27. The fourth-order valence-electron chi connectivity index (χ4n) is 2.08. The van der Waals surface area contributed by atoms with Crippen molar-refractivity contribution < 1.29 is 14.3 Å². The zero-order valence-corrected chi connectivity index (χ0v) is 11.6. The van der Waals surface area contributed by atoms with Gasteiger partial charge in [-0.25, -0.2) is 0 Å². The molecule has 1 aliphatic rings. The Morgan fingerprint density at radius 3 is 2.68 bits per heavy atom. The Hall–Kier alpha value is -1.75. The van der Waals surface area contributed by atoms with Gasteiger partial charge in [0, 0.05) is 18.3 Å². The van der Waals surface area contributed by atoms with Crippen LogP contribution in [-0.2, 0) is 4.79 Å². The van der Waals surface area contributed by atoms with E-state index in [0.29, 0.717) is 12.3 Å². The van der Waals surface area contributed by atoms with Crippen molar-refractivity contribution in [2.75, 3.05) is 25.7 Å². The number of hydrogen-bond donors (Lipinski definition) is 2. The van der Waals surface area contributed by atoms with Crippen LogP contribution in [0.1, 0.15) is 18.9 Å². The van der Waals surface area contributed by atoms with Crippen molar-refractivity contribution in [3.63, 3.8) is 0 Å². The van der Waals surface area contributed by atoms with Crippen LogP contribution >= 0.6 is 0 Å². The van der Waals surface area contributed by atoms with Crippen LogP contribution in [-0.4, -0.2) is 26.3 Å². The summed E-state index contributed by atoms with van der Waals surface area (Å²) >= 11 is 0. The number of nitrogens with one attached hydrogen (secondary N) is 2. The van der Waals surface area contributed by atoms with Gasteiger partial charge >= 0.3 is 0 Å². The normalized spacial score (nSPS) is 14.3. The van der Waals surface area contributed by atoms with E-state index in [-0.39, 0.29) is 18.6 Å². The predicted octanol–water partition coefficient (Wildman–Crippen LogP) is 1.91. The Bertz CT molecular complexity index is 474. The molecular weight excluding hydrogens is 244 g/mol. The van der Waals surface area contributed by atoms with Crippen molar-refractivity contribution in [2.45, 2.75) is 20.3 Å². The summed E-state index contributed by atoms with van der Waals surface area (Å²) in [7, 11) is 1.85. The molecule has 0 aromatic heterocycles. The summed E-state index contributed by atoms with van der Waals surface area (Å²) in [6, 6.07) is 3.71. The number of aryl methyl sites for hydroxylation is 1. The van der Waals surface area contributed by atoms with Gasteiger partial charge < -0.3 is 20.1 Å². The van der Waals surface area contributed by atoms with E-state index in [9.17, 15) is 4.79 Å². The summed E-state index contributed by atoms with van der Waals surface area (Å²) in [5.74, 6) is 1.41. The zero-order valence-electron chi connectivity index (χ0n) is 11.6. The molecule has 5 heteroatoms. The summed E-state index contributed by atoms with van der Waals surface area (Å²) in [4.78, 5) is 12.2. The number of hydrogen-bond acceptors (Lipinski definition) is 4. The zero-order chi connectivity index (χ0) is 13.8. The summed E-state index contributed by atoms with van der Waals surface area (Å²) in [6.07, 6.45) is 0.802. The van der Waals surface area contributed by atoms with Crippen molar-refractivity contribution in [3.05, 3.63) is 17.7 Å². The predicted molar refractivity (Wildman–Crippen MR) is 73.6 cm³/mol. The van der Waals surface area contributed by atoms with Crippen molar-refractivity contribution in [3.8, 4) is 11.5 Å². The van der Waals surface area contributed by atoms with Crippen molar-refractivity contribution in [1.29, 1.82) is 0 Å². The molecule has 2 rings (SSSR count). The number of fused-ring (bicyclic) bond motifs is 1. The van der Waals surface area contributed by atoms with E-state index < -0.39 is 0 Å². The van der Waals surface area contributed by atoms with Gasteiger partial charge in [0.1, 0.15) is 0 Å². The van der Waals surface area contributed by atoms with Gasteiger partial charge in [0.05, 0.1) is 5.92 Å². The highest BCUT2D eigenvalue weighted by atomic mass is 16.7. The van der Waals surface area contributed by atoms with E-state index in [0.717, 1.165) is 23.4 Å². The molecule has 0 bridgehead atoms. The minimum atomic E-state index is -0.0326. The topological polar surface area (TPSA) is 59.6 Å². The third kappa shape index (κ3) is 2.98. The molecule has 104 valence electrons. The monoisotopic (exact) mass is 264 g/mol. The van der Waals surface area contributed by atoms with Gasteiger partial charge in [0.15, 0.2) is 11.5 Å². The van der Waals surface area contributed by atoms with Crippen molar-refractivity contribution in [1.82, 2.24) is 5.32 Å². The molecule has 1 amide bonds. The fourth-order valence-corrected chi connectivity index (χ4v) is 2.08. The summed E-state index contributed by atoms with van der Waals surface area (Å²) in [6.45, 7) is 4.86. The van der Waals surface area contributed by atoms with Gasteiger partial charge in [-0.05, 0) is 32.0 Å². The third-order valence-corrected chi connectivity index (χ3v) is 3.29. The van der Waals surface area contributed by atoms with Crippen LogP contribution in [0.4, 0.5) is 5.69 Å². The lowest BCUT2D eigenvalue weighted by Gasteiger charge is -2.16. The molecule has 1 aromatic carbocycles. The fraction of sp³-hybridized carbons (Fsp3) is 0.500. The molecule has 0 fully saturated rings. The minimum absolute atomic E-state index is 0.0267. The molecule has 2 N–H and O–H groups in total. The van der Waals surface area contributed by atoms with E-state index in [2.05, 4.69) is 10.6 Å². The number of rotatable bonds is 5. The maximum atomic E-state index is 12.2. The first-order valence-electron chi connectivity index (χ1n) is 6.51. The summed E-state index contributed by atoms with van der Waals surface area (Å²) in [5, 5.41) is 6.00. The molecule has 19 heavy (non-hydrogen) atoms. The summed E-state index contributed by atoms with van der Waals surface area (Å²) in [5.41, 5.74) is 1.75. The smallest absolute Gasteiger partial charge is 0.231 e. The number of carbonyl (C=O) groups excluding carboxylic acids is 1. The molecule has 1 unspecified atom stereocenters. The SMILES string of the molecule is CCC(CNC)C(=O)Nc1cc2c(cc1C)OCO2. The molecule has 1 aromatic rings. The molecule has 1 atom stereocenters. The van der Waals surface area contributed by atoms with Crippen molar-refractivity contribution >= 4 is 11.6 Å². The van der Waals surface area contributed by atoms with E-state index in [1.165, 1.54) is 0 Å². The largest absolute Gasteiger partial charge is 0.454 e. The standard InChI is InChI=1S/C14H20N2O3/c1-4-10(7-15-3)14(17)16-11-6-13-12(5-9(11)2)18-8-19-13/h5-6,10,15H,4,7-8H2,1-3H3,(H,16,17). The maximum absolute atomic E-state index is 12.2. The first-order chi connectivity index (χ1) is 9.15. The number of ether oxygens (including phenoxy) is 2. The van der Waals surface area contributed by atoms with E-state index in [1.807, 2.05) is 33.0 Å². The van der Waals surface area contributed by atoms with E-state index >= 15 is 0 Å². The maximum Gasteiger partial charge on any atom is 0.231 e. The van der Waals surface area contributed by atoms with Crippen LogP contribution in [0.2, 0.25) is 0 Å². The van der Waals surface area contributed by atoms with Crippen LogP contribution in [0.5, 0.6) is 11.5 Å². The van der Waals surface area contributed by atoms with Gasteiger partial charge in [-0.1, -0.05) is 6.92 Å². The molecule has 0 saturated carbocycles. The Morgan fingerprint density at radius 1 is 1.37 bits per heavy atom. The molecule has 0 spiro atoms. The highest BCUT2D eigenvalue weighted by Crippen LogP contribution is 2.36. The number of anilines is 1. The van der Waals surface area contributed by atoms with Gasteiger partial charge in [0.25, 0.3) is 0 Å². The van der Waals surface area contributed by atoms with E-state index in [1.54, 1.807) is 0 Å². The molecule has 1 heterocycles. The van der Waals surface area contributed by atoms with Crippen LogP contribution < -0.4 is 20.1 Å². The van der Waals surface area contributed by atoms with Gasteiger partial charge in [-0.15, -0.1) is 0 Å². The molecule has 5 nitrogen and oxygen atoms in total. The summed E-state index contributed by atoms with van der Waals surface area (Å²) < 4.78 is 10.6. The second-order valence-electron chi connectivity index (χ2n) is 4.67. The van der Waals surface area contributed by atoms with E-state index in [4.69, 9.17) is 9.47 Å². The lowest BCUT2D eigenvalue weighted by Crippen LogP contribution is -2.30. The van der Waals surface area contributed by atoms with Crippen LogP contribution in [0, 0.1) is 12.8 Å². The van der Waals surface area contributed by atoms with Gasteiger partial charge in [0.2, 0.25) is 12.7 Å². The first-order valence-corrected chi connectivity index (χ1v) is 6.51. The quantitative estimate of drug-likeness (QED) is 0.853. The van der Waals surface area contributed by atoms with Gasteiger partial charge in [-0.3, -0.25) is 4.79 Å². The highest BCUT2D eigenvalue weighted by molar-refractivity contribution is 5.93. The highest BCUT2D eigenvalue weighted by Gasteiger charge is 2.19. The van der Waals surface area contributed by atoms with Crippen molar-refractivity contribution in [2.24, 2.45) is 5.92 Å². The Balaban J connectivity index is 2.12. The first kappa shape index (κ1) is 13.7. The molecule has 0 aliphatic carbocycles.